The summed E-state index contributed by atoms with van der Waals surface area (Å²) < 4.78 is 0. The van der Waals surface area contributed by atoms with Crippen molar-refractivity contribution in [3.63, 3.8) is 0 Å². The first-order chi connectivity index (χ1) is 7.42. The van der Waals surface area contributed by atoms with Crippen molar-refractivity contribution in [1.29, 1.82) is 0 Å². The monoisotopic (exact) mass is 201 g/mol. The highest BCUT2D eigenvalue weighted by atomic mass is 15.2. The molecule has 2 heterocycles. The van der Waals surface area contributed by atoms with Gasteiger partial charge < -0.3 is 0 Å². The molecule has 0 spiro atoms. The third-order valence-electron chi connectivity index (χ3n) is 4.20. The number of hydrogen-bond donors (Lipinski definition) is 0. The Labute approximate surface area is 92.1 Å². The van der Waals surface area contributed by atoms with Gasteiger partial charge in [-0.2, -0.15) is 0 Å². The lowest BCUT2D eigenvalue weighted by Crippen LogP contribution is -2.44. The molecule has 0 radical (unpaired) electrons. The van der Waals surface area contributed by atoms with Gasteiger partial charge in [-0.15, -0.1) is 0 Å². The molecule has 1 aromatic rings. The summed E-state index contributed by atoms with van der Waals surface area (Å²) in [5.41, 5.74) is 1.97. The summed E-state index contributed by atoms with van der Waals surface area (Å²) in [7, 11) is 0. The second-order valence-electron chi connectivity index (χ2n) is 4.95. The number of piperidine rings is 1. The van der Waals surface area contributed by atoms with Crippen molar-refractivity contribution in [2.24, 2.45) is 0 Å². The van der Waals surface area contributed by atoms with E-state index in [1.807, 2.05) is 0 Å². The van der Waals surface area contributed by atoms with E-state index in [-0.39, 0.29) is 0 Å². The van der Waals surface area contributed by atoms with Gasteiger partial charge in [0, 0.05) is 5.54 Å². The molecule has 0 unspecified atom stereocenters. The standard InChI is InChI=1S/C14H19N/c1-2-7-13(8-3-1)14-9-4-5-11-15(14)12-6-10-14/h1-3,7-8H,4-6,9-12H2/t14-/m1/s1. The van der Waals surface area contributed by atoms with Gasteiger partial charge in [-0.1, -0.05) is 30.3 Å². The maximum atomic E-state index is 2.73. The SMILES string of the molecule is c1ccc([C@]23CCCCN2CCC3)cc1. The summed E-state index contributed by atoms with van der Waals surface area (Å²) in [5, 5.41) is 0. The normalized spacial score (nSPS) is 31.5. The Hall–Kier alpha value is -0.820. The molecule has 2 aliphatic heterocycles. The van der Waals surface area contributed by atoms with Crippen LogP contribution in [0.25, 0.3) is 0 Å². The number of benzene rings is 1. The predicted molar refractivity (Wildman–Crippen MR) is 62.8 cm³/mol. The highest BCUT2D eigenvalue weighted by Crippen LogP contribution is 2.45. The molecule has 2 saturated heterocycles. The molecule has 0 aliphatic carbocycles. The van der Waals surface area contributed by atoms with E-state index >= 15 is 0 Å². The summed E-state index contributed by atoms with van der Waals surface area (Å²) in [6.45, 7) is 2.63. The molecule has 0 saturated carbocycles. The number of hydrogen-bond acceptors (Lipinski definition) is 1. The fourth-order valence-electron chi connectivity index (χ4n) is 3.48. The lowest BCUT2D eigenvalue weighted by molar-refractivity contribution is 0.0885. The zero-order valence-corrected chi connectivity index (χ0v) is 9.28. The van der Waals surface area contributed by atoms with E-state index in [4.69, 9.17) is 0 Å². The summed E-state index contributed by atoms with van der Waals surface area (Å²) in [6, 6.07) is 11.2. The predicted octanol–water partition coefficient (Wildman–Crippen LogP) is 3.16. The molecule has 0 bridgehead atoms. The quantitative estimate of drug-likeness (QED) is 0.674. The van der Waals surface area contributed by atoms with Gasteiger partial charge >= 0.3 is 0 Å². The van der Waals surface area contributed by atoms with Crippen LogP contribution in [0.5, 0.6) is 0 Å². The second-order valence-corrected chi connectivity index (χ2v) is 4.95. The molecule has 2 fully saturated rings. The topological polar surface area (TPSA) is 3.24 Å². The number of fused-ring (bicyclic) bond motifs is 1. The van der Waals surface area contributed by atoms with Crippen molar-refractivity contribution in [2.75, 3.05) is 13.1 Å². The van der Waals surface area contributed by atoms with E-state index in [0.29, 0.717) is 5.54 Å². The molecule has 15 heavy (non-hydrogen) atoms. The summed E-state index contributed by atoms with van der Waals surface area (Å²) in [5.74, 6) is 0. The van der Waals surface area contributed by atoms with Gasteiger partial charge in [0.1, 0.15) is 0 Å². The highest BCUT2D eigenvalue weighted by Gasteiger charge is 2.43. The average molecular weight is 201 g/mol. The first kappa shape index (κ1) is 9.41. The van der Waals surface area contributed by atoms with Crippen LogP contribution in [-0.2, 0) is 5.54 Å². The molecular weight excluding hydrogens is 182 g/mol. The minimum Gasteiger partial charge on any atom is -0.294 e. The van der Waals surface area contributed by atoms with Crippen LogP contribution in [-0.4, -0.2) is 18.0 Å². The number of rotatable bonds is 1. The Bertz CT molecular complexity index is 332. The number of nitrogens with zero attached hydrogens (tertiary/aromatic N) is 1. The zero-order chi connectivity index (χ0) is 10.1. The molecule has 1 nitrogen and oxygen atoms in total. The smallest absolute Gasteiger partial charge is 0.0461 e. The first-order valence-corrected chi connectivity index (χ1v) is 6.22. The summed E-state index contributed by atoms with van der Waals surface area (Å²) in [4.78, 5) is 2.73. The molecule has 0 amide bonds. The third kappa shape index (κ3) is 1.41. The summed E-state index contributed by atoms with van der Waals surface area (Å²) >= 11 is 0. The van der Waals surface area contributed by atoms with E-state index in [1.54, 1.807) is 5.56 Å². The van der Waals surface area contributed by atoms with E-state index in [9.17, 15) is 0 Å². The van der Waals surface area contributed by atoms with Gasteiger partial charge in [0.25, 0.3) is 0 Å². The summed E-state index contributed by atoms with van der Waals surface area (Å²) in [6.07, 6.45) is 6.93. The Morgan fingerprint density at radius 3 is 2.47 bits per heavy atom. The van der Waals surface area contributed by atoms with Crippen molar-refractivity contribution < 1.29 is 0 Å². The first-order valence-electron chi connectivity index (χ1n) is 6.22. The molecule has 80 valence electrons. The van der Waals surface area contributed by atoms with Crippen molar-refractivity contribution in [2.45, 2.75) is 37.6 Å². The average Bonchev–Trinajstić information content (AvgIpc) is 2.75. The van der Waals surface area contributed by atoms with Gasteiger partial charge in [0.15, 0.2) is 0 Å². The van der Waals surface area contributed by atoms with Gasteiger partial charge in [0.2, 0.25) is 0 Å². The van der Waals surface area contributed by atoms with Gasteiger partial charge in [0.05, 0.1) is 0 Å². The van der Waals surface area contributed by atoms with E-state index in [0.717, 1.165) is 0 Å². The highest BCUT2D eigenvalue weighted by molar-refractivity contribution is 5.26. The van der Waals surface area contributed by atoms with Crippen LogP contribution >= 0.6 is 0 Å². The Kier molecular flexibility index (Phi) is 2.28. The van der Waals surface area contributed by atoms with Gasteiger partial charge in [-0.05, 0) is 50.8 Å². The maximum Gasteiger partial charge on any atom is 0.0461 e. The Morgan fingerprint density at radius 2 is 1.60 bits per heavy atom. The van der Waals surface area contributed by atoms with Crippen molar-refractivity contribution in [1.82, 2.24) is 4.90 Å². The molecule has 1 heteroatoms. The van der Waals surface area contributed by atoms with Crippen molar-refractivity contribution in [3.8, 4) is 0 Å². The van der Waals surface area contributed by atoms with E-state index < -0.39 is 0 Å². The van der Waals surface area contributed by atoms with Crippen molar-refractivity contribution in [3.05, 3.63) is 35.9 Å². The van der Waals surface area contributed by atoms with Crippen LogP contribution in [0.2, 0.25) is 0 Å². The van der Waals surface area contributed by atoms with Gasteiger partial charge in [-0.3, -0.25) is 4.90 Å². The molecular formula is C14H19N. The van der Waals surface area contributed by atoms with Crippen LogP contribution < -0.4 is 0 Å². The zero-order valence-electron chi connectivity index (χ0n) is 9.28. The minimum absolute atomic E-state index is 0.416. The molecule has 1 aromatic carbocycles. The Balaban J connectivity index is 2.00. The van der Waals surface area contributed by atoms with Crippen LogP contribution in [0.4, 0.5) is 0 Å². The lowest BCUT2D eigenvalue weighted by atomic mass is 9.80. The minimum atomic E-state index is 0.416. The second kappa shape index (κ2) is 3.64. The van der Waals surface area contributed by atoms with Crippen LogP contribution in [0.15, 0.2) is 30.3 Å². The van der Waals surface area contributed by atoms with Crippen LogP contribution in [0.3, 0.4) is 0 Å². The fourth-order valence-corrected chi connectivity index (χ4v) is 3.48. The van der Waals surface area contributed by atoms with Gasteiger partial charge in [-0.25, -0.2) is 0 Å². The fraction of sp³-hybridized carbons (Fsp3) is 0.571. The van der Waals surface area contributed by atoms with E-state index in [2.05, 4.69) is 35.2 Å². The molecule has 0 aromatic heterocycles. The molecule has 2 aliphatic rings. The molecule has 1 atom stereocenters. The Morgan fingerprint density at radius 1 is 0.867 bits per heavy atom. The van der Waals surface area contributed by atoms with Crippen LogP contribution in [0.1, 0.15) is 37.7 Å². The molecule has 0 N–H and O–H groups in total. The van der Waals surface area contributed by atoms with Crippen molar-refractivity contribution >= 4 is 0 Å². The van der Waals surface area contributed by atoms with E-state index in [1.165, 1.54) is 45.2 Å². The third-order valence-corrected chi connectivity index (χ3v) is 4.20. The maximum absolute atomic E-state index is 2.73. The van der Waals surface area contributed by atoms with Crippen LogP contribution in [0, 0.1) is 0 Å². The lowest BCUT2D eigenvalue weighted by Gasteiger charge is -2.43. The molecule has 3 rings (SSSR count). The largest absolute Gasteiger partial charge is 0.294 e.